The van der Waals surface area contributed by atoms with Gasteiger partial charge in [0.1, 0.15) is 0 Å². The predicted molar refractivity (Wildman–Crippen MR) is 74.8 cm³/mol. The molecule has 20 heavy (non-hydrogen) atoms. The molecule has 1 aromatic rings. The predicted octanol–water partition coefficient (Wildman–Crippen LogP) is 1.40. The van der Waals surface area contributed by atoms with E-state index >= 15 is 0 Å². The van der Waals surface area contributed by atoms with Crippen molar-refractivity contribution in [3.05, 3.63) is 29.3 Å². The maximum absolute atomic E-state index is 12.3. The van der Waals surface area contributed by atoms with Crippen LogP contribution in [0.4, 0.5) is 5.69 Å². The van der Waals surface area contributed by atoms with Crippen LogP contribution in [0.1, 0.15) is 35.2 Å². The monoisotopic (exact) mass is 274 g/mol. The van der Waals surface area contributed by atoms with E-state index in [1.54, 1.807) is 23.1 Å². The van der Waals surface area contributed by atoms with Crippen LogP contribution in [-0.2, 0) is 11.2 Å². The Bertz CT molecular complexity index is 566. The van der Waals surface area contributed by atoms with Gasteiger partial charge in [0.05, 0.1) is 5.56 Å². The Kier molecular flexibility index (Phi) is 3.22. The molecule has 5 nitrogen and oxygen atoms in total. The average molecular weight is 274 g/mol. The van der Waals surface area contributed by atoms with Gasteiger partial charge in [-0.25, -0.2) is 4.79 Å². The minimum atomic E-state index is -0.937. The summed E-state index contributed by atoms with van der Waals surface area (Å²) in [5, 5.41) is 8.98. The number of rotatable bonds is 4. The molecule has 1 aliphatic carbocycles. The van der Waals surface area contributed by atoms with Gasteiger partial charge >= 0.3 is 5.97 Å². The van der Waals surface area contributed by atoms with E-state index in [1.165, 1.54) is 0 Å². The molecule has 3 N–H and O–H groups in total. The van der Waals surface area contributed by atoms with Crippen molar-refractivity contribution in [1.29, 1.82) is 0 Å². The number of nitrogens with two attached hydrogens (primary N) is 1. The number of carboxylic acid groups (broad SMARTS) is 1. The zero-order valence-electron chi connectivity index (χ0n) is 11.2. The standard InChI is InChI=1S/C15H18N2O3/c16-12(9-1-2-9)8-14(18)17-6-5-10-7-11(15(19)20)3-4-13(10)17/h3-4,7,9,12H,1-2,5-6,8,16H2,(H,19,20). The summed E-state index contributed by atoms with van der Waals surface area (Å²) in [6.45, 7) is 0.620. The molecule has 5 heteroatoms. The second kappa shape index (κ2) is 4.90. The highest BCUT2D eigenvalue weighted by molar-refractivity contribution is 5.97. The maximum atomic E-state index is 12.3. The van der Waals surface area contributed by atoms with Crippen LogP contribution in [0.2, 0.25) is 0 Å². The molecular formula is C15H18N2O3. The molecule has 3 rings (SSSR count). The lowest BCUT2D eigenvalue weighted by Crippen LogP contribution is -2.35. The van der Waals surface area contributed by atoms with Crippen molar-refractivity contribution in [2.24, 2.45) is 11.7 Å². The van der Waals surface area contributed by atoms with Gasteiger partial charge in [0.15, 0.2) is 0 Å². The molecular weight excluding hydrogens is 256 g/mol. The highest BCUT2D eigenvalue weighted by Gasteiger charge is 2.32. The molecule has 0 bridgehead atoms. The Morgan fingerprint density at radius 1 is 1.40 bits per heavy atom. The van der Waals surface area contributed by atoms with Crippen molar-refractivity contribution >= 4 is 17.6 Å². The molecule has 106 valence electrons. The summed E-state index contributed by atoms with van der Waals surface area (Å²) >= 11 is 0. The summed E-state index contributed by atoms with van der Waals surface area (Å²) in [6.07, 6.45) is 3.35. The summed E-state index contributed by atoms with van der Waals surface area (Å²) < 4.78 is 0. The number of carbonyl (C=O) groups is 2. The van der Waals surface area contributed by atoms with Crippen LogP contribution in [0.5, 0.6) is 0 Å². The van der Waals surface area contributed by atoms with Crippen molar-refractivity contribution in [3.63, 3.8) is 0 Å². The van der Waals surface area contributed by atoms with Crippen LogP contribution in [0, 0.1) is 5.92 Å². The molecule has 0 saturated heterocycles. The number of hydrogen-bond acceptors (Lipinski definition) is 3. The lowest BCUT2D eigenvalue weighted by atomic mass is 10.1. The summed E-state index contributed by atoms with van der Waals surface area (Å²) in [5.41, 5.74) is 8.04. The van der Waals surface area contributed by atoms with Gasteiger partial charge in [0, 0.05) is 24.7 Å². The quantitative estimate of drug-likeness (QED) is 0.869. The molecule has 1 aliphatic heterocycles. The van der Waals surface area contributed by atoms with Crippen LogP contribution in [0.15, 0.2) is 18.2 Å². The van der Waals surface area contributed by atoms with Crippen LogP contribution < -0.4 is 10.6 Å². The largest absolute Gasteiger partial charge is 0.478 e. The number of carbonyl (C=O) groups excluding carboxylic acids is 1. The number of carboxylic acids is 1. The van der Waals surface area contributed by atoms with Crippen LogP contribution in [0.3, 0.4) is 0 Å². The van der Waals surface area contributed by atoms with Gasteiger partial charge < -0.3 is 15.7 Å². The fourth-order valence-corrected chi connectivity index (χ4v) is 2.80. The van der Waals surface area contributed by atoms with E-state index in [9.17, 15) is 9.59 Å². The molecule has 1 heterocycles. The van der Waals surface area contributed by atoms with E-state index in [4.69, 9.17) is 10.8 Å². The molecule has 1 atom stereocenters. The normalized spacial score (nSPS) is 18.8. The number of anilines is 1. The SMILES string of the molecule is NC(CC(=O)N1CCc2cc(C(=O)O)ccc21)C1CC1. The third-order valence-electron chi connectivity index (χ3n) is 4.16. The molecule has 1 aromatic carbocycles. The van der Waals surface area contributed by atoms with Gasteiger partial charge in [-0.2, -0.15) is 0 Å². The Labute approximate surface area is 117 Å². The number of fused-ring (bicyclic) bond motifs is 1. The molecule has 1 fully saturated rings. The zero-order chi connectivity index (χ0) is 14.3. The Balaban J connectivity index is 1.75. The van der Waals surface area contributed by atoms with E-state index < -0.39 is 5.97 Å². The first-order valence-corrected chi connectivity index (χ1v) is 6.98. The first-order valence-electron chi connectivity index (χ1n) is 6.98. The lowest BCUT2D eigenvalue weighted by Gasteiger charge is -2.19. The zero-order valence-corrected chi connectivity index (χ0v) is 11.2. The maximum Gasteiger partial charge on any atom is 0.335 e. The van der Waals surface area contributed by atoms with Crippen molar-refractivity contribution in [3.8, 4) is 0 Å². The smallest absolute Gasteiger partial charge is 0.335 e. The minimum Gasteiger partial charge on any atom is -0.478 e. The van der Waals surface area contributed by atoms with Crippen molar-refractivity contribution in [2.75, 3.05) is 11.4 Å². The highest BCUT2D eigenvalue weighted by atomic mass is 16.4. The van der Waals surface area contributed by atoms with Crippen LogP contribution in [-0.4, -0.2) is 29.6 Å². The fraction of sp³-hybridized carbons (Fsp3) is 0.467. The molecule has 2 aliphatic rings. The molecule has 0 radical (unpaired) electrons. The van der Waals surface area contributed by atoms with Gasteiger partial charge in [0.2, 0.25) is 5.91 Å². The minimum absolute atomic E-state index is 0.0372. The summed E-state index contributed by atoms with van der Waals surface area (Å²) in [4.78, 5) is 25.0. The number of amides is 1. The first-order chi connectivity index (χ1) is 9.56. The number of benzene rings is 1. The van der Waals surface area contributed by atoms with Gasteiger partial charge in [0.25, 0.3) is 0 Å². The second-order valence-corrected chi connectivity index (χ2v) is 5.65. The van der Waals surface area contributed by atoms with Crippen molar-refractivity contribution in [2.45, 2.75) is 31.7 Å². The van der Waals surface area contributed by atoms with Crippen LogP contribution >= 0.6 is 0 Å². The number of hydrogen-bond donors (Lipinski definition) is 2. The van der Waals surface area contributed by atoms with Gasteiger partial charge in [-0.15, -0.1) is 0 Å². The van der Waals surface area contributed by atoms with E-state index in [2.05, 4.69) is 0 Å². The number of nitrogens with zero attached hydrogens (tertiary/aromatic N) is 1. The number of aromatic carboxylic acids is 1. The van der Waals surface area contributed by atoms with E-state index in [0.717, 1.165) is 24.1 Å². The van der Waals surface area contributed by atoms with Crippen molar-refractivity contribution < 1.29 is 14.7 Å². The summed E-state index contributed by atoms with van der Waals surface area (Å²) in [6, 6.07) is 4.90. The summed E-state index contributed by atoms with van der Waals surface area (Å²) in [7, 11) is 0. The fourth-order valence-electron chi connectivity index (χ4n) is 2.80. The van der Waals surface area contributed by atoms with Gasteiger partial charge in [-0.05, 0) is 48.9 Å². The molecule has 0 aromatic heterocycles. The van der Waals surface area contributed by atoms with Crippen LogP contribution in [0.25, 0.3) is 0 Å². The van der Waals surface area contributed by atoms with E-state index in [-0.39, 0.29) is 17.5 Å². The molecule has 1 amide bonds. The lowest BCUT2D eigenvalue weighted by molar-refractivity contribution is -0.118. The first kappa shape index (κ1) is 13.1. The van der Waals surface area contributed by atoms with E-state index in [0.29, 0.717) is 25.3 Å². The third kappa shape index (κ3) is 2.41. The van der Waals surface area contributed by atoms with Gasteiger partial charge in [-0.3, -0.25) is 4.79 Å². The van der Waals surface area contributed by atoms with E-state index in [1.807, 2.05) is 0 Å². The van der Waals surface area contributed by atoms with Gasteiger partial charge in [-0.1, -0.05) is 0 Å². The van der Waals surface area contributed by atoms with Crippen molar-refractivity contribution in [1.82, 2.24) is 0 Å². The summed E-state index contributed by atoms with van der Waals surface area (Å²) in [5.74, 6) is -0.380. The Morgan fingerprint density at radius 3 is 2.80 bits per heavy atom. The Morgan fingerprint density at radius 2 is 2.15 bits per heavy atom. The molecule has 1 saturated carbocycles. The Hall–Kier alpha value is -1.88. The topological polar surface area (TPSA) is 83.6 Å². The molecule has 1 unspecified atom stereocenters. The average Bonchev–Trinajstić information content (AvgIpc) is 3.17. The third-order valence-corrected chi connectivity index (χ3v) is 4.16. The highest BCUT2D eigenvalue weighted by Crippen LogP contribution is 2.34. The second-order valence-electron chi connectivity index (χ2n) is 5.65. The molecule has 0 spiro atoms.